The minimum atomic E-state index is -1.51. The van der Waals surface area contributed by atoms with E-state index in [-0.39, 0.29) is 16.4 Å². The first-order valence-corrected chi connectivity index (χ1v) is 9.44. The number of carboxylic acids is 3. The number of pyridine rings is 1. The summed E-state index contributed by atoms with van der Waals surface area (Å²) >= 11 is 0. The number of aromatic carboxylic acids is 1. The van der Waals surface area contributed by atoms with Gasteiger partial charge in [-0.25, -0.2) is 14.0 Å². The van der Waals surface area contributed by atoms with Gasteiger partial charge in [0.15, 0.2) is 0 Å². The minimum Gasteiger partial charge on any atom is -0.545 e. The van der Waals surface area contributed by atoms with Gasteiger partial charge in [0.1, 0.15) is 11.4 Å². The second-order valence-electron chi connectivity index (χ2n) is 6.63. The molecule has 0 unspecified atom stereocenters. The van der Waals surface area contributed by atoms with Crippen molar-refractivity contribution in [3.8, 4) is 0 Å². The molecule has 1 fully saturated rings. The number of nitrogens with two attached hydrogens (primary N) is 1. The van der Waals surface area contributed by atoms with Crippen LogP contribution in [0.3, 0.4) is 0 Å². The van der Waals surface area contributed by atoms with Crippen LogP contribution in [0.4, 0.5) is 10.1 Å². The van der Waals surface area contributed by atoms with Gasteiger partial charge in [-0.3, -0.25) is 4.79 Å². The molecule has 1 saturated heterocycles. The van der Waals surface area contributed by atoms with Gasteiger partial charge in [0.25, 0.3) is 0 Å². The Kier molecular flexibility index (Phi) is 9.50. The van der Waals surface area contributed by atoms with Gasteiger partial charge in [-0.1, -0.05) is 0 Å². The lowest BCUT2D eigenvalue weighted by molar-refractivity contribution is -0.655. The summed E-state index contributed by atoms with van der Waals surface area (Å²) in [5, 5.41) is 28.7. The zero-order chi connectivity index (χ0) is 23.1. The monoisotopic (exact) mass is 453 g/mol. The summed E-state index contributed by atoms with van der Waals surface area (Å²) in [5.74, 6) is -4.58. The molecule has 6 N–H and O–H groups in total. The van der Waals surface area contributed by atoms with Crippen molar-refractivity contribution in [2.45, 2.75) is 13.5 Å². The van der Waals surface area contributed by atoms with E-state index < -0.39 is 29.2 Å². The number of hydrogen-bond acceptors (Lipinski definition) is 6. The third kappa shape index (κ3) is 6.36. The zero-order valence-corrected chi connectivity index (χ0v) is 17.2. The number of halogens is 1. The lowest BCUT2D eigenvalue weighted by Gasteiger charge is -2.28. The summed E-state index contributed by atoms with van der Waals surface area (Å²) in [6.07, 6.45) is 2.27. The van der Waals surface area contributed by atoms with Crippen LogP contribution in [0, 0.1) is 5.82 Å². The van der Waals surface area contributed by atoms with Crippen LogP contribution in [0.2, 0.25) is 0 Å². The standard InChI is InChI=1S/C16H18FN3O3.C4H4O4.H2O/c1-2-19-9-11(16(22)23)15(21)10-7-12(17)14(8-13(10)19)20-5-3-18-4-6-20;5-3(6)1-2-4(7)8;/h7-9,18H,2-6H2,1H3,(H,22,23);1-2H,(H,5,6)(H,7,8);1H2/b;2-1-;. The summed E-state index contributed by atoms with van der Waals surface area (Å²) in [7, 11) is 0. The Labute approximate surface area is 181 Å². The van der Waals surface area contributed by atoms with Crippen LogP contribution in [-0.4, -0.2) is 64.3 Å². The van der Waals surface area contributed by atoms with Crippen LogP contribution in [0.25, 0.3) is 10.9 Å². The fourth-order valence-corrected chi connectivity index (χ4v) is 3.19. The number of piperazine rings is 1. The number of aliphatic carboxylic acids is 2. The molecule has 0 aliphatic carbocycles. The van der Waals surface area contributed by atoms with Gasteiger partial charge in [-0.05, 0) is 25.1 Å². The highest BCUT2D eigenvalue weighted by Crippen LogP contribution is 2.25. The maximum absolute atomic E-state index is 14.5. The van der Waals surface area contributed by atoms with Gasteiger partial charge in [0, 0.05) is 24.2 Å². The summed E-state index contributed by atoms with van der Waals surface area (Å²) in [4.78, 5) is 44.4. The number of carbonyl (C=O) groups is 3. The third-order valence-corrected chi connectivity index (χ3v) is 4.63. The lowest BCUT2D eigenvalue weighted by atomic mass is 10.1. The summed E-state index contributed by atoms with van der Waals surface area (Å²) in [6.45, 7) is 5.63. The molecule has 2 heterocycles. The molecule has 12 heteroatoms. The fourth-order valence-electron chi connectivity index (χ4n) is 3.19. The molecule has 0 atom stereocenters. The Morgan fingerprint density at radius 3 is 2.28 bits per heavy atom. The molecule has 0 amide bonds. The van der Waals surface area contributed by atoms with Crippen molar-refractivity contribution in [3.63, 3.8) is 0 Å². The fraction of sp³-hybridized carbons (Fsp3) is 0.300. The molecule has 0 bridgehead atoms. The van der Waals surface area contributed by atoms with Crippen molar-refractivity contribution >= 4 is 34.5 Å². The van der Waals surface area contributed by atoms with E-state index in [1.165, 1.54) is 12.3 Å². The second-order valence-corrected chi connectivity index (χ2v) is 6.63. The summed E-state index contributed by atoms with van der Waals surface area (Å²) in [5.41, 5.74) is 0.0532. The molecular weight excluding hydrogens is 429 g/mol. The first-order chi connectivity index (χ1) is 14.6. The Morgan fingerprint density at radius 1 is 1.19 bits per heavy atom. The summed E-state index contributed by atoms with van der Waals surface area (Å²) in [6, 6.07) is 2.83. The average molecular weight is 453 g/mol. The maximum atomic E-state index is 14.5. The number of carboxylic acid groups (broad SMARTS) is 3. The SMILES string of the molecule is CCn1cc(C(=O)O)c(=O)c2cc(F)c(N3CC[NH2+]CC3)cc21.O.O=C([O-])/C=C\C(=O)O. The molecule has 1 aliphatic rings. The van der Waals surface area contributed by atoms with Crippen molar-refractivity contribution < 1.29 is 44.9 Å². The van der Waals surface area contributed by atoms with E-state index in [9.17, 15) is 28.7 Å². The van der Waals surface area contributed by atoms with Crippen molar-refractivity contribution in [1.29, 1.82) is 0 Å². The molecule has 11 nitrogen and oxygen atoms in total. The summed E-state index contributed by atoms with van der Waals surface area (Å²) < 4.78 is 16.2. The van der Waals surface area contributed by atoms with Crippen molar-refractivity contribution in [3.05, 3.63) is 52.1 Å². The van der Waals surface area contributed by atoms with Gasteiger partial charge < -0.3 is 40.4 Å². The number of anilines is 1. The minimum absolute atomic E-state index is 0. The molecule has 0 radical (unpaired) electrons. The van der Waals surface area contributed by atoms with E-state index in [1.807, 2.05) is 11.8 Å². The normalized spacial score (nSPS) is 13.2. The number of hydrogen-bond donors (Lipinski definition) is 3. The van der Waals surface area contributed by atoms with Crippen LogP contribution < -0.4 is 20.8 Å². The molecule has 2 aromatic rings. The molecule has 0 saturated carbocycles. The smallest absolute Gasteiger partial charge is 0.341 e. The van der Waals surface area contributed by atoms with E-state index in [4.69, 9.17) is 10.2 Å². The number of fused-ring (bicyclic) bond motifs is 1. The van der Waals surface area contributed by atoms with Crippen molar-refractivity contribution in [2.24, 2.45) is 0 Å². The highest BCUT2D eigenvalue weighted by atomic mass is 19.1. The predicted molar refractivity (Wildman–Crippen MR) is 110 cm³/mol. The van der Waals surface area contributed by atoms with E-state index in [2.05, 4.69) is 5.32 Å². The largest absolute Gasteiger partial charge is 0.545 e. The number of quaternary nitrogens is 1. The highest BCUT2D eigenvalue weighted by molar-refractivity contribution is 5.93. The Bertz CT molecular complexity index is 1070. The second kappa shape index (κ2) is 11.6. The zero-order valence-electron chi connectivity index (χ0n) is 17.2. The Hall–Kier alpha value is -3.77. The average Bonchev–Trinajstić information content (AvgIpc) is 2.73. The van der Waals surface area contributed by atoms with Crippen LogP contribution in [-0.2, 0) is 16.1 Å². The van der Waals surface area contributed by atoms with Gasteiger partial charge in [-0.15, -0.1) is 0 Å². The van der Waals surface area contributed by atoms with Crippen LogP contribution in [0.5, 0.6) is 0 Å². The molecule has 0 spiro atoms. The molecule has 174 valence electrons. The van der Waals surface area contributed by atoms with E-state index >= 15 is 0 Å². The lowest BCUT2D eigenvalue weighted by Crippen LogP contribution is -2.89. The van der Waals surface area contributed by atoms with Gasteiger partial charge in [0.2, 0.25) is 5.43 Å². The molecule has 1 aromatic carbocycles. The van der Waals surface area contributed by atoms with Gasteiger partial charge in [0.05, 0.1) is 43.4 Å². The highest BCUT2D eigenvalue weighted by Gasteiger charge is 2.20. The van der Waals surface area contributed by atoms with Crippen LogP contribution in [0.1, 0.15) is 17.3 Å². The first-order valence-electron chi connectivity index (χ1n) is 9.44. The Morgan fingerprint density at radius 2 is 1.81 bits per heavy atom. The van der Waals surface area contributed by atoms with E-state index in [0.29, 0.717) is 29.9 Å². The first kappa shape index (κ1) is 26.3. The molecule has 1 aliphatic heterocycles. The van der Waals surface area contributed by atoms with Gasteiger partial charge >= 0.3 is 11.9 Å². The Balaban J connectivity index is 0.000000491. The van der Waals surface area contributed by atoms with E-state index in [0.717, 1.165) is 26.2 Å². The maximum Gasteiger partial charge on any atom is 0.341 e. The molecule has 3 rings (SSSR count). The number of aromatic nitrogens is 1. The predicted octanol–water partition coefficient (Wildman–Crippen LogP) is -2.21. The van der Waals surface area contributed by atoms with Crippen LogP contribution in [0.15, 0.2) is 35.3 Å². The van der Waals surface area contributed by atoms with Gasteiger partial charge in [-0.2, -0.15) is 0 Å². The third-order valence-electron chi connectivity index (χ3n) is 4.63. The molecule has 1 aromatic heterocycles. The number of rotatable bonds is 5. The van der Waals surface area contributed by atoms with E-state index in [1.54, 1.807) is 10.6 Å². The molecule has 32 heavy (non-hydrogen) atoms. The van der Waals surface area contributed by atoms with Crippen LogP contribution >= 0.6 is 0 Å². The quantitative estimate of drug-likeness (QED) is 0.425. The van der Waals surface area contributed by atoms with Crippen molar-refractivity contribution in [2.75, 3.05) is 31.1 Å². The number of nitrogens with zero attached hydrogens (tertiary/aromatic N) is 2. The van der Waals surface area contributed by atoms with Crippen molar-refractivity contribution in [1.82, 2.24) is 4.57 Å². The number of carbonyl (C=O) groups excluding carboxylic acids is 1. The molecular formula is C20H24FN3O8. The number of benzene rings is 1. The topological polar surface area (TPSA) is 188 Å². The number of aryl methyl sites for hydroxylation is 1.